The van der Waals surface area contributed by atoms with Gasteiger partial charge in [0, 0.05) is 39.8 Å². The molecule has 5 heteroatoms. The summed E-state index contributed by atoms with van der Waals surface area (Å²) in [6.07, 6.45) is 3.86. The van der Waals surface area contributed by atoms with Gasteiger partial charge in [0.2, 0.25) is 0 Å². The van der Waals surface area contributed by atoms with Crippen molar-refractivity contribution in [1.29, 1.82) is 0 Å². The summed E-state index contributed by atoms with van der Waals surface area (Å²) in [5.74, 6) is 0. The topological polar surface area (TPSA) is 42.0 Å². The third-order valence-electron chi connectivity index (χ3n) is 3.98. The number of nitrogens with zero attached hydrogens (tertiary/aromatic N) is 2. The molecule has 1 aliphatic rings. The van der Waals surface area contributed by atoms with Crippen molar-refractivity contribution in [3.8, 4) is 0 Å². The average Bonchev–Trinajstić information content (AvgIpc) is 2.56. The highest BCUT2D eigenvalue weighted by Crippen LogP contribution is 2.14. The fourth-order valence-corrected chi connectivity index (χ4v) is 2.69. The minimum atomic E-state index is -0.437. The number of benzene rings is 1. The van der Waals surface area contributed by atoms with E-state index in [1.54, 1.807) is 12.0 Å². The molecule has 1 aromatic rings. The molecule has 0 aliphatic carbocycles. The third kappa shape index (κ3) is 6.88. The molecule has 1 heterocycles. The lowest BCUT2D eigenvalue weighted by Crippen LogP contribution is -2.49. The minimum Gasteiger partial charge on any atom is -0.444 e. The molecule has 1 amide bonds. The van der Waals surface area contributed by atoms with Crippen molar-refractivity contribution in [3.05, 3.63) is 41.5 Å². The SMILES string of the molecule is COC/C=C/c1ccc(CN2CCN(C(=O)OC(C)(C)C)CC2)cc1. The van der Waals surface area contributed by atoms with Crippen molar-refractivity contribution < 1.29 is 14.3 Å². The fraction of sp³-hybridized carbons (Fsp3) is 0.550. The molecule has 0 spiro atoms. The van der Waals surface area contributed by atoms with Gasteiger partial charge in [-0.05, 0) is 31.9 Å². The first-order chi connectivity index (χ1) is 11.9. The Balaban J connectivity index is 1.79. The number of ether oxygens (including phenoxy) is 2. The Morgan fingerprint density at radius 3 is 2.32 bits per heavy atom. The van der Waals surface area contributed by atoms with Gasteiger partial charge in [0.1, 0.15) is 5.60 Å². The highest BCUT2D eigenvalue weighted by molar-refractivity contribution is 5.68. The van der Waals surface area contributed by atoms with Crippen LogP contribution in [-0.2, 0) is 16.0 Å². The van der Waals surface area contributed by atoms with E-state index in [1.165, 1.54) is 11.1 Å². The van der Waals surface area contributed by atoms with Crippen molar-refractivity contribution in [2.75, 3.05) is 39.9 Å². The molecule has 1 aromatic carbocycles. The van der Waals surface area contributed by atoms with Crippen molar-refractivity contribution in [3.63, 3.8) is 0 Å². The van der Waals surface area contributed by atoms with E-state index in [1.807, 2.05) is 26.8 Å². The van der Waals surface area contributed by atoms with E-state index in [9.17, 15) is 4.79 Å². The summed E-state index contributed by atoms with van der Waals surface area (Å²) in [6.45, 7) is 10.4. The zero-order valence-corrected chi connectivity index (χ0v) is 15.8. The number of carbonyl (C=O) groups is 1. The number of hydrogen-bond acceptors (Lipinski definition) is 4. The molecule has 1 saturated heterocycles. The maximum atomic E-state index is 12.1. The van der Waals surface area contributed by atoms with Crippen molar-refractivity contribution in [1.82, 2.24) is 9.80 Å². The van der Waals surface area contributed by atoms with Crippen LogP contribution in [0.5, 0.6) is 0 Å². The molecule has 0 bridgehead atoms. The Bertz CT molecular complexity index is 568. The molecule has 0 unspecified atom stereocenters. The lowest BCUT2D eigenvalue weighted by molar-refractivity contribution is 0.0139. The first kappa shape index (κ1) is 19.5. The molecule has 0 atom stereocenters. The van der Waals surface area contributed by atoms with Gasteiger partial charge in [-0.25, -0.2) is 4.79 Å². The Kier molecular flexibility index (Phi) is 7.02. The van der Waals surface area contributed by atoms with Crippen LogP contribution < -0.4 is 0 Å². The van der Waals surface area contributed by atoms with Crippen LogP contribution in [0.15, 0.2) is 30.3 Å². The van der Waals surface area contributed by atoms with Crippen molar-refractivity contribution >= 4 is 12.2 Å². The normalized spacial score (nSPS) is 16.4. The largest absolute Gasteiger partial charge is 0.444 e. The lowest BCUT2D eigenvalue weighted by atomic mass is 10.1. The number of amides is 1. The van der Waals surface area contributed by atoms with Crippen molar-refractivity contribution in [2.24, 2.45) is 0 Å². The number of hydrogen-bond donors (Lipinski definition) is 0. The third-order valence-corrected chi connectivity index (χ3v) is 3.98. The Morgan fingerprint density at radius 1 is 1.12 bits per heavy atom. The molecular formula is C20H30N2O3. The summed E-state index contributed by atoms with van der Waals surface area (Å²) in [5, 5.41) is 0. The van der Waals surface area contributed by atoms with Gasteiger partial charge >= 0.3 is 6.09 Å². The van der Waals surface area contributed by atoms with E-state index in [2.05, 4.69) is 35.2 Å². The quantitative estimate of drug-likeness (QED) is 0.819. The number of piperazine rings is 1. The van der Waals surface area contributed by atoms with Gasteiger partial charge in [0.15, 0.2) is 0 Å². The highest BCUT2D eigenvalue weighted by atomic mass is 16.6. The summed E-state index contributed by atoms with van der Waals surface area (Å²) in [4.78, 5) is 16.3. The molecule has 2 rings (SSSR count). The molecule has 5 nitrogen and oxygen atoms in total. The van der Waals surface area contributed by atoms with Crippen LogP contribution in [0.4, 0.5) is 4.79 Å². The molecule has 0 N–H and O–H groups in total. The first-order valence-electron chi connectivity index (χ1n) is 8.82. The number of rotatable bonds is 5. The Morgan fingerprint density at radius 2 is 1.76 bits per heavy atom. The second-order valence-electron chi connectivity index (χ2n) is 7.34. The van der Waals surface area contributed by atoms with E-state index in [4.69, 9.17) is 9.47 Å². The summed E-state index contributed by atoms with van der Waals surface area (Å²) in [6, 6.07) is 8.57. The predicted octanol–water partition coefficient (Wildman–Crippen LogP) is 3.40. The molecular weight excluding hydrogens is 316 g/mol. The van der Waals surface area contributed by atoms with Gasteiger partial charge in [-0.1, -0.05) is 36.4 Å². The van der Waals surface area contributed by atoms with Crippen LogP contribution in [0, 0.1) is 0 Å². The zero-order valence-electron chi connectivity index (χ0n) is 15.8. The van der Waals surface area contributed by atoms with Crippen LogP contribution in [0.1, 0.15) is 31.9 Å². The van der Waals surface area contributed by atoms with E-state index < -0.39 is 5.60 Å². The highest BCUT2D eigenvalue weighted by Gasteiger charge is 2.25. The first-order valence-corrected chi connectivity index (χ1v) is 8.82. The van der Waals surface area contributed by atoms with Gasteiger partial charge in [-0.3, -0.25) is 4.90 Å². The number of carbonyl (C=O) groups excluding carboxylic acids is 1. The van der Waals surface area contributed by atoms with E-state index in [-0.39, 0.29) is 6.09 Å². The maximum Gasteiger partial charge on any atom is 0.410 e. The molecule has 25 heavy (non-hydrogen) atoms. The summed E-state index contributed by atoms with van der Waals surface area (Å²) in [5.41, 5.74) is 2.03. The van der Waals surface area contributed by atoms with Crippen LogP contribution >= 0.6 is 0 Å². The summed E-state index contributed by atoms with van der Waals surface area (Å²) >= 11 is 0. The molecule has 0 saturated carbocycles. The summed E-state index contributed by atoms with van der Waals surface area (Å²) in [7, 11) is 1.69. The maximum absolute atomic E-state index is 12.1. The summed E-state index contributed by atoms with van der Waals surface area (Å²) < 4.78 is 10.4. The van der Waals surface area contributed by atoms with Crippen LogP contribution in [0.25, 0.3) is 6.08 Å². The molecule has 1 aliphatic heterocycles. The van der Waals surface area contributed by atoms with E-state index in [0.717, 1.165) is 19.6 Å². The van der Waals surface area contributed by atoms with Crippen LogP contribution in [0.2, 0.25) is 0 Å². The monoisotopic (exact) mass is 346 g/mol. The second kappa shape index (κ2) is 9.02. The number of methoxy groups -OCH3 is 1. The van der Waals surface area contributed by atoms with Crippen molar-refractivity contribution in [2.45, 2.75) is 32.9 Å². The van der Waals surface area contributed by atoms with Gasteiger partial charge in [-0.2, -0.15) is 0 Å². The zero-order chi connectivity index (χ0) is 18.3. The second-order valence-corrected chi connectivity index (χ2v) is 7.34. The van der Waals surface area contributed by atoms with Gasteiger partial charge in [-0.15, -0.1) is 0 Å². The Hall–Kier alpha value is -1.85. The molecule has 0 radical (unpaired) electrons. The van der Waals surface area contributed by atoms with E-state index >= 15 is 0 Å². The van der Waals surface area contributed by atoms with Gasteiger partial charge in [0.25, 0.3) is 0 Å². The minimum absolute atomic E-state index is 0.209. The lowest BCUT2D eigenvalue weighted by Gasteiger charge is -2.35. The standard InChI is InChI=1S/C20H30N2O3/c1-20(2,3)25-19(23)22-13-11-21(12-14-22)16-18-9-7-17(8-10-18)6-5-15-24-4/h5-10H,11-16H2,1-4H3/b6-5+. The van der Waals surface area contributed by atoms with E-state index in [0.29, 0.717) is 19.7 Å². The average molecular weight is 346 g/mol. The van der Waals surface area contributed by atoms with Gasteiger partial charge < -0.3 is 14.4 Å². The van der Waals surface area contributed by atoms with Gasteiger partial charge in [0.05, 0.1) is 6.61 Å². The predicted molar refractivity (Wildman–Crippen MR) is 100 cm³/mol. The molecule has 138 valence electrons. The molecule has 1 fully saturated rings. The Labute approximate surface area is 151 Å². The smallest absolute Gasteiger partial charge is 0.410 e. The van der Waals surface area contributed by atoms with Crippen LogP contribution in [-0.4, -0.2) is 61.4 Å². The van der Waals surface area contributed by atoms with Crippen LogP contribution in [0.3, 0.4) is 0 Å². The molecule has 0 aromatic heterocycles. The fourth-order valence-electron chi connectivity index (χ4n) is 2.69.